The molecule has 1 saturated heterocycles. The van der Waals surface area contributed by atoms with Crippen LogP contribution < -0.4 is 5.32 Å². The summed E-state index contributed by atoms with van der Waals surface area (Å²) in [5, 5.41) is 4.82. The quantitative estimate of drug-likeness (QED) is 0.654. The first-order chi connectivity index (χ1) is 10.0. The van der Waals surface area contributed by atoms with Crippen molar-refractivity contribution in [2.24, 2.45) is 5.92 Å². The molecule has 0 aromatic carbocycles. The van der Waals surface area contributed by atoms with E-state index >= 15 is 0 Å². The summed E-state index contributed by atoms with van der Waals surface area (Å²) in [6.45, 7) is 8.44. The number of halogens is 5. The number of hydrogen-bond donors (Lipinski definition) is 1. The van der Waals surface area contributed by atoms with Gasteiger partial charge < -0.3 is 5.32 Å². The molecule has 0 bridgehead atoms. The van der Waals surface area contributed by atoms with E-state index in [0.29, 0.717) is 21.1 Å². The zero-order valence-electron chi connectivity index (χ0n) is 13.3. The maximum absolute atomic E-state index is 6.41. The summed E-state index contributed by atoms with van der Waals surface area (Å²) in [5.41, 5.74) is 0.931. The van der Waals surface area contributed by atoms with E-state index in [-0.39, 0.29) is 30.9 Å². The normalized spacial score (nSPS) is 16.6. The summed E-state index contributed by atoms with van der Waals surface area (Å²) in [4.78, 5) is 6.48. The molecule has 0 saturated carbocycles. The molecule has 1 aromatic heterocycles. The van der Waals surface area contributed by atoms with Gasteiger partial charge in [0.25, 0.3) is 0 Å². The Morgan fingerprint density at radius 2 is 1.74 bits per heavy atom. The maximum atomic E-state index is 6.41. The molecule has 134 valence electrons. The van der Waals surface area contributed by atoms with Gasteiger partial charge >= 0.3 is 0 Å². The van der Waals surface area contributed by atoms with Gasteiger partial charge in [-0.05, 0) is 18.8 Å². The van der Waals surface area contributed by atoms with Gasteiger partial charge in [0.15, 0.2) is 0 Å². The van der Waals surface area contributed by atoms with E-state index in [1.165, 1.54) is 0 Å². The molecule has 2 heterocycles. The third-order valence-corrected chi connectivity index (χ3v) is 4.98. The predicted octanol–water partition coefficient (Wildman–Crippen LogP) is 5.27. The van der Waals surface area contributed by atoms with Crippen LogP contribution in [-0.4, -0.2) is 36.1 Å². The smallest absolute Gasteiger partial charge is 0.148 e. The minimum absolute atomic E-state index is 0. The second kappa shape index (κ2) is 11.2. The standard InChI is InChI=1S/C15H22Cl3N3.2ClH/c1-10(2)3-4-12(21-7-5-19-6-8-21)13-11(16)9-20-15(18)14(13)17;;/h9-10,12,19H,3-8H2,1-2H3;2*1H/t12-;;/m1../s1. The molecule has 1 fully saturated rings. The van der Waals surface area contributed by atoms with E-state index in [2.05, 4.69) is 29.0 Å². The van der Waals surface area contributed by atoms with Crippen molar-refractivity contribution >= 4 is 59.6 Å². The van der Waals surface area contributed by atoms with Gasteiger partial charge in [0.2, 0.25) is 0 Å². The fourth-order valence-corrected chi connectivity index (χ4v) is 3.50. The lowest BCUT2D eigenvalue weighted by Crippen LogP contribution is -2.45. The van der Waals surface area contributed by atoms with Crippen LogP contribution in [0.25, 0.3) is 0 Å². The van der Waals surface area contributed by atoms with E-state index in [1.54, 1.807) is 6.20 Å². The molecule has 0 unspecified atom stereocenters. The van der Waals surface area contributed by atoms with Crippen molar-refractivity contribution in [2.45, 2.75) is 32.7 Å². The zero-order chi connectivity index (χ0) is 15.4. The number of hydrogen-bond acceptors (Lipinski definition) is 3. The van der Waals surface area contributed by atoms with Gasteiger partial charge in [0.1, 0.15) is 5.15 Å². The van der Waals surface area contributed by atoms with E-state index in [1.807, 2.05) is 0 Å². The van der Waals surface area contributed by atoms with Crippen LogP contribution in [0.1, 0.15) is 38.3 Å². The Kier molecular flexibility index (Phi) is 11.4. The number of nitrogens with zero attached hydrogens (tertiary/aromatic N) is 2. The molecular weight excluding hydrogens is 399 g/mol. The lowest BCUT2D eigenvalue weighted by molar-refractivity contribution is 0.160. The molecule has 1 aliphatic heterocycles. The van der Waals surface area contributed by atoms with Crippen LogP contribution in [0.15, 0.2) is 6.20 Å². The second-order valence-corrected chi connectivity index (χ2v) is 7.04. The van der Waals surface area contributed by atoms with Crippen LogP contribution in [0, 0.1) is 5.92 Å². The molecule has 0 amide bonds. The summed E-state index contributed by atoms with van der Waals surface area (Å²) >= 11 is 18.9. The Bertz CT molecular complexity index is 478. The van der Waals surface area contributed by atoms with Crippen LogP contribution >= 0.6 is 59.6 Å². The summed E-state index contributed by atoms with van der Waals surface area (Å²) in [7, 11) is 0. The highest BCUT2D eigenvalue weighted by atomic mass is 35.5. The Labute approximate surface area is 166 Å². The molecule has 0 aliphatic carbocycles. The van der Waals surface area contributed by atoms with Gasteiger partial charge in [-0.2, -0.15) is 0 Å². The zero-order valence-corrected chi connectivity index (χ0v) is 17.2. The van der Waals surface area contributed by atoms with Crippen LogP contribution in [0.4, 0.5) is 0 Å². The van der Waals surface area contributed by atoms with Gasteiger partial charge in [-0.1, -0.05) is 48.7 Å². The van der Waals surface area contributed by atoms with Crippen molar-refractivity contribution in [3.8, 4) is 0 Å². The number of pyridine rings is 1. The van der Waals surface area contributed by atoms with Gasteiger partial charge in [0, 0.05) is 44.0 Å². The molecule has 1 aliphatic rings. The molecule has 1 atom stereocenters. The Hall–Kier alpha value is 0.520. The molecule has 1 N–H and O–H groups in total. The lowest BCUT2D eigenvalue weighted by atomic mass is 9.96. The van der Waals surface area contributed by atoms with Crippen molar-refractivity contribution in [1.82, 2.24) is 15.2 Å². The van der Waals surface area contributed by atoms with Crippen LogP contribution in [0.2, 0.25) is 15.2 Å². The summed E-state index contributed by atoms with van der Waals surface area (Å²) < 4.78 is 0. The van der Waals surface area contributed by atoms with E-state index in [4.69, 9.17) is 34.8 Å². The summed E-state index contributed by atoms with van der Waals surface area (Å²) in [5.74, 6) is 0.644. The lowest BCUT2D eigenvalue weighted by Gasteiger charge is -2.36. The monoisotopic (exact) mass is 421 g/mol. The first-order valence-corrected chi connectivity index (χ1v) is 8.58. The Balaban J connectivity index is 0.00000242. The van der Waals surface area contributed by atoms with Crippen LogP contribution in [0.3, 0.4) is 0 Å². The number of piperazine rings is 1. The van der Waals surface area contributed by atoms with E-state index in [9.17, 15) is 0 Å². The predicted molar refractivity (Wildman–Crippen MR) is 105 cm³/mol. The molecule has 8 heteroatoms. The Morgan fingerprint density at radius 3 is 2.30 bits per heavy atom. The van der Waals surface area contributed by atoms with Crippen molar-refractivity contribution in [3.63, 3.8) is 0 Å². The maximum Gasteiger partial charge on any atom is 0.148 e. The highest BCUT2D eigenvalue weighted by molar-refractivity contribution is 6.43. The fourth-order valence-electron chi connectivity index (χ4n) is 2.76. The molecule has 1 aromatic rings. The third-order valence-electron chi connectivity index (χ3n) is 3.91. The highest BCUT2D eigenvalue weighted by Gasteiger charge is 2.27. The molecular formula is C15H24Cl5N3. The molecule has 23 heavy (non-hydrogen) atoms. The van der Waals surface area contributed by atoms with Gasteiger partial charge in [-0.25, -0.2) is 4.98 Å². The van der Waals surface area contributed by atoms with Crippen LogP contribution in [-0.2, 0) is 0 Å². The van der Waals surface area contributed by atoms with Crippen molar-refractivity contribution in [3.05, 3.63) is 27.0 Å². The first-order valence-electron chi connectivity index (χ1n) is 7.45. The largest absolute Gasteiger partial charge is 0.314 e. The average Bonchev–Trinajstić information content (AvgIpc) is 2.47. The molecule has 0 radical (unpaired) electrons. The van der Waals surface area contributed by atoms with Gasteiger partial charge in [-0.3, -0.25) is 4.90 Å². The summed E-state index contributed by atoms with van der Waals surface area (Å²) in [6.07, 6.45) is 3.76. The fraction of sp³-hybridized carbons (Fsp3) is 0.667. The topological polar surface area (TPSA) is 28.2 Å². The summed E-state index contributed by atoms with van der Waals surface area (Å²) in [6, 6.07) is 0.204. The second-order valence-electron chi connectivity index (χ2n) is 5.90. The SMILES string of the molecule is CC(C)CC[C@H](c1c(Cl)cnc(Cl)c1Cl)N1CCNCC1.Cl.Cl. The van der Waals surface area contributed by atoms with Crippen molar-refractivity contribution in [1.29, 1.82) is 0 Å². The van der Waals surface area contributed by atoms with E-state index < -0.39 is 0 Å². The number of nitrogens with one attached hydrogen (secondary N) is 1. The minimum atomic E-state index is 0. The average molecular weight is 424 g/mol. The van der Waals surface area contributed by atoms with Crippen molar-refractivity contribution < 1.29 is 0 Å². The highest BCUT2D eigenvalue weighted by Crippen LogP contribution is 2.39. The third kappa shape index (κ3) is 6.39. The number of aromatic nitrogens is 1. The van der Waals surface area contributed by atoms with Crippen molar-refractivity contribution in [2.75, 3.05) is 26.2 Å². The molecule has 3 nitrogen and oxygen atoms in total. The van der Waals surface area contributed by atoms with Gasteiger partial charge in [0.05, 0.1) is 10.0 Å². The first kappa shape index (κ1) is 23.5. The van der Waals surface area contributed by atoms with E-state index in [0.717, 1.165) is 44.6 Å². The molecule has 0 spiro atoms. The number of rotatable bonds is 5. The molecule has 2 rings (SSSR count). The minimum Gasteiger partial charge on any atom is -0.314 e. The van der Waals surface area contributed by atoms with Crippen LogP contribution in [0.5, 0.6) is 0 Å². The van der Waals surface area contributed by atoms with Gasteiger partial charge in [-0.15, -0.1) is 24.8 Å². The Morgan fingerprint density at radius 1 is 1.13 bits per heavy atom.